The van der Waals surface area contributed by atoms with E-state index in [4.69, 9.17) is 4.74 Å². The molecule has 1 aromatic heterocycles. The molecule has 2 atom stereocenters. The van der Waals surface area contributed by atoms with Crippen LogP contribution in [0.2, 0.25) is 0 Å². The SMILES string of the molecule is COc1ccc(C(=O)Nc2ccc(N3C[C@H]4CN(c5ccccn5)C[C@@H]4C3)cc2)cc1. The van der Waals surface area contributed by atoms with Crippen LogP contribution >= 0.6 is 0 Å². The maximum atomic E-state index is 12.5. The van der Waals surface area contributed by atoms with Crippen LogP contribution in [0.25, 0.3) is 0 Å². The molecule has 2 fully saturated rings. The highest BCUT2D eigenvalue weighted by atomic mass is 16.5. The van der Waals surface area contributed by atoms with Gasteiger partial charge in [0, 0.05) is 61.1 Å². The Morgan fingerprint density at radius 2 is 1.58 bits per heavy atom. The van der Waals surface area contributed by atoms with Gasteiger partial charge in [-0.25, -0.2) is 4.98 Å². The molecule has 158 valence electrons. The van der Waals surface area contributed by atoms with Gasteiger partial charge in [0.15, 0.2) is 0 Å². The third-order valence-electron chi connectivity index (χ3n) is 6.30. The Hall–Kier alpha value is -3.54. The lowest BCUT2D eigenvalue weighted by Crippen LogP contribution is -2.29. The Balaban J connectivity index is 1.18. The summed E-state index contributed by atoms with van der Waals surface area (Å²) in [5, 5.41) is 2.97. The first kappa shape index (κ1) is 19.4. The number of rotatable bonds is 5. The second kappa shape index (κ2) is 8.30. The Bertz CT molecular complexity index is 1020. The lowest BCUT2D eigenvalue weighted by atomic mass is 10.0. The molecule has 2 aromatic carbocycles. The molecule has 3 heterocycles. The van der Waals surface area contributed by atoms with Crippen LogP contribution in [0.5, 0.6) is 5.75 Å². The zero-order chi connectivity index (χ0) is 21.2. The number of fused-ring (bicyclic) bond motifs is 1. The number of amides is 1. The third-order valence-corrected chi connectivity index (χ3v) is 6.30. The molecule has 0 saturated carbocycles. The van der Waals surface area contributed by atoms with Gasteiger partial charge in [-0.15, -0.1) is 0 Å². The Morgan fingerprint density at radius 3 is 2.19 bits per heavy atom. The summed E-state index contributed by atoms with van der Waals surface area (Å²) >= 11 is 0. The van der Waals surface area contributed by atoms with Crippen molar-refractivity contribution < 1.29 is 9.53 Å². The molecule has 2 aliphatic heterocycles. The molecule has 0 aliphatic carbocycles. The second-order valence-electron chi connectivity index (χ2n) is 8.25. The maximum absolute atomic E-state index is 12.5. The first-order valence-corrected chi connectivity index (χ1v) is 10.7. The van der Waals surface area contributed by atoms with Crippen LogP contribution in [0, 0.1) is 11.8 Å². The van der Waals surface area contributed by atoms with Gasteiger partial charge < -0.3 is 19.9 Å². The van der Waals surface area contributed by atoms with Crippen LogP contribution in [-0.2, 0) is 0 Å². The predicted octanol–water partition coefficient (Wildman–Crippen LogP) is 3.92. The van der Waals surface area contributed by atoms with Crippen LogP contribution in [0.4, 0.5) is 17.2 Å². The number of carbonyl (C=O) groups excluding carboxylic acids is 1. The number of nitrogens with zero attached hydrogens (tertiary/aromatic N) is 3. The highest BCUT2D eigenvalue weighted by molar-refractivity contribution is 6.04. The number of methoxy groups -OCH3 is 1. The first-order chi connectivity index (χ1) is 15.2. The Morgan fingerprint density at radius 1 is 0.903 bits per heavy atom. The van der Waals surface area contributed by atoms with E-state index in [0.29, 0.717) is 17.4 Å². The average Bonchev–Trinajstić information content (AvgIpc) is 3.40. The molecule has 31 heavy (non-hydrogen) atoms. The van der Waals surface area contributed by atoms with Crippen molar-refractivity contribution in [1.29, 1.82) is 0 Å². The van der Waals surface area contributed by atoms with E-state index in [-0.39, 0.29) is 5.91 Å². The zero-order valence-electron chi connectivity index (χ0n) is 17.6. The molecule has 0 bridgehead atoms. The highest BCUT2D eigenvalue weighted by Gasteiger charge is 2.40. The second-order valence-corrected chi connectivity index (χ2v) is 8.25. The number of hydrogen-bond acceptors (Lipinski definition) is 5. The molecule has 2 aliphatic rings. The van der Waals surface area contributed by atoms with Crippen molar-refractivity contribution >= 4 is 23.1 Å². The van der Waals surface area contributed by atoms with Crippen LogP contribution in [0.1, 0.15) is 10.4 Å². The fourth-order valence-electron chi connectivity index (χ4n) is 4.63. The molecule has 0 unspecified atom stereocenters. The minimum Gasteiger partial charge on any atom is -0.497 e. The fraction of sp³-hybridized carbons (Fsp3) is 0.280. The highest BCUT2D eigenvalue weighted by Crippen LogP contribution is 2.35. The zero-order valence-corrected chi connectivity index (χ0v) is 17.6. The number of carbonyl (C=O) groups is 1. The fourth-order valence-corrected chi connectivity index (χ4v) is 4.63. The van der Waals surface area contributed by atoms with E-state index in [9.17, 15) is 4.79 Å². The van der Waals surface area contributed by atoms with Crippen molar-refractivity contribution in [3.05, 3.63) is 78.5 Å². The van der Waals surface area contributed by atoms with Crippen LogP contribution in [0.3, 0.4) is 0 Å². The van der Waals surface area contributed by atoms with Gasteiger partial charge in [0.1, 0.15) is 11.6 Å². The number of aromatic nitrogens is 1. The number of anilines is 3. The molecule has 2 saturated heterocycles. The average molecular weight is 415 g/mol. The van der Waals surface area contributed by atoms with Crippen molar-refractivity contribution in [2.45, 2.75) is 0 Å². The monoisotopic (exact) mass is 414 g/mol. The molecule has 6 nitrogen and oxygen atoms in total. The van der Waals surface area contributed by atoms with Gasteiger partial charge >= 0.3 is 0 Å². The normalized spacial score (nSPS) is 19.9. The molecule has 0 spiro atoms. The molecule has 3 aromatic rings. The van der Waals surface area contributed by atoms with Gasteiger partial charge in [-0.3, -0.25) is 4.79 Å². The first-order valence-electron chi connectivity index (χ1n) is 10.7. The van der Waals surface area contributed by atoms with Gasteiger partial charge in [0.25, 0.3) is 5.91 Å². The summed E-state index contributed by atoms with van der Waals surface area (Å²) in [4.78, 5) is 21.8. The Kier molecular flexibility index (Phi) is 5.20. The lowest BCUT2D eigenvalue weighted by Gasteiger charge is -2.24. The van der Waals surface area contributed by atoms with Gasteiger partial charge in [0.2, 0.25) is 0 Å². The van der Waals surface area contributed by atoms with Gasteiger partial charge in [0.05, 0.1) is 7.11 Å². The minimum atomic E-state index is -0.124. The van der Waals surface area contributed by atoms with E-state index < -0.39 is 0 Å². The van der Waals surface area contributed by atoms with Crippen LogP contribution < -0.4 is 19.9 Å². The summed E-state index contributed by atoms with van der Waals surface area (Å²) in [5.41, 5.74) is 2.61. The standard InChI is InChI=1S/C25H26N4O2/c1-31-23-11-5-18(6-12-23)25(30)27-21-7-9-22(10-8-21)28-14-19-16-29(17-20(19)15-28)24-4-2-3-13-26-24/h2-13,19-20H,14-17H2,1H3,(H,27,30)/t19-,20-/m0/s1. The van der Waals surface area contributed by atoms with Crippen molar-refractivity contribution in [3.8, 4) is 5.75 Å². The molecule has 6 heteroatoms. The summed E-state index contributed by atoms with van der Waals surface area (Å²) in [5.74, 6) is 3.02. The van der Waals surface area contributed by atoms with Crippen molar-refractivity contribution in [2.75, 3.05) is 48.4 Å². The quantitative estimate of drug-likeness (QED) is 0.686. The van der Waals surface area contributed by atoms with Crippen molar-refractivity contribution in [2.24, 2.45) is 11.8 Å². The lowest BCUT2D eigenvalue weighted by molar-refractivity contribution is 0.102. The number of hydrogen-bond donors (Lipinski definition) is 1. The van der Waals surface area contributed by atoms with Crippen molar-refractivity contribution in [1.82, 2.24) is 4.98 Å². The molecule has 1 N–H and O–H groups in total. The van der Waals surface area contributed by atoms with E-state index >= 15 is 0 Å². The molecule has 1 amide bonds. The minimum absolute atomic E-state index is 0.124. The number of ether oxygens (including phenoxy) is 1. The predicted molar refractivity (Wildman–Crippen MR) is 123 cm³/mol. The summed E-state index contributed by atoms with van der Waals surface area (Å²) in [6.45, 7) is 4.25. The number of nitrogens with one attached hydrogen (secondary N) is 1. The Labute approximate surface area is 182 Å². The van der Waals surface area contributed by atoms with Gasteiger partial charge in [-0.05, 0) is 60.7 Å². The third kappa shape index (κ3) is 4.06. The maximum Gasteiger partial charge on any atom is 0.255 e. The van der Waals surface area contributed by atoms with Crippen LogP contribution in [-0.4, -0.2) is 44.2 Å². The summed E-state index contributed by atoms with van der Waals surface area (Å²) in [6, 6.07) is 21.4. The molecule has 0 radical (unpaired) electrons. The number of pyridine rings is 1. The summed E-state index contributed by atoms with van der Waals surface area (Å²) in [6.07, 6.45) is 1.87. The van der Waals surface area contributed by atoms with E-state index in [1.54, 1.807) is 31.4 Å². The molecule has 5 rings (SSSR count). The summed E-state index contributed by atoms with van der Waals surface area (Å²) in [7, 11) is 1.61. The summed E-state index contributed by atoms with van der Waals surface area (Å²) < 4.78 is 5.14. The number of benzene rings is 2. The van der Waals surface area contributed by atoms with E-state index in [1.807, 2.05) is 24.4 Å². The van der Waals surface area contributed by atoms with E-state index in [2.05, 4.69) is 44.4 Å². The van der Waals surface area contributed by atoms with Crippen molar-refractivity contribution in [3.63, 3.8) is 0 Å². The topological polar surface area (TPSA) is 57.7 Å². The van der Waals surface area contributed by atoms with Crippen LogP contribution in [0.15, 0.2) is 72.9 Å². The van der Waals surface area contributed by atoms with E-state index in [0.717, 1.165) is 43.4 Å². The smallest absolute Gasteiger partial charge is 0.255 e. The van der Waals surface area contributed by atoms with E-state index in [1.165, 1.54) is 5.69 Å². The largest absolute Gasteiger partial charge is 0.497 e. The van der Waals surface area contributed by atoms with Gasteiger partial charge in [-0.2, -0.15) is 0 Å². The van der Waals surface area contributed by atoms with Gasteiger partial charge in [-0.1, -0.05) is 6.07 Å². The molecular weight excluding hydrogens is 388 g/mol. The molecular formula is C25H26N4O2.